The molecule has 2 aromatic heterocycles. The minimum atomic E-state index is -4.57. The number of benzene rings is 1. The second kappa shape index (κ2) is 10.1. The molecule has 35 heavy (non-hydrogen) atoms. The smallest absolute Gasteiger partial charge is 0.362 e. The van der Waals surface area contributed by atoms with Crippen molar-refractivity contribution < 1.29 is 37.1 Å². The third kappa shape index (κ3) is 5.33. The van der Waals surface area contributed by atoms with Crippen molar-refractivity contribution in [2.24, 2.45) is 0 Å². The van der Waals surface area contributed by atoms with Gasteiger partial charge in [-0.05, 0) is 24.6 Å². The van der Waals surface area contributed by atoms with Crippen LogP contribution in [0, 0.1) is 0 Å². The number of amides is 1. The van der Waals surface area contributed by atoms with Crippen molar-refractivity contribution in [3.63, 3.8) is 0 Å². The number of nitrogen functional groups attached to an aromatic ring is 1. The molecule has 188 valence electrons. The summed E-state index contributed by atoms with van der Waals surface area (Å²) in [4.78, 5) is 24.3. The van der Waals surface area contributed by atoms with E-state index in [1.165, 1.54) is 29.4 Å². The molecule has 1 aliphatic rings. The van der Waals surface area contributed by atoms with E-state index in [-0.39, 0.29) is 22.5 Å². The van der Waals surface area contributed by atoms with Crippen molar-refractivity contribution in [3.8, 4) is 5.75 Å². The molecule has 1 aliphatic heterocycles. The average molecular weight is 509 g/mol. The Kier molecular flexibility index (Phi) is 7.13. The number of nitrogens with two attached hydrogens (primary N) is 1. The van der Waals surface area contributed by atoms with Gasteiger partial charge in [0.15, 0.2) is 17.7 Å². The van der Waals surface area contributed by atoms with E-state index in [1.54, 1.807) is 16.9 Å². The third-order valence-electron chi connectivity index (χ3n) is 5.17. The minimum Gasteiger partial charge on any atom is -0.494 e. The van der Waals surface area contributed by atoms with Gasteiger partial charge in [-0.15, -0.1) is 0 Å². The Morgan fingerprint density at radius 1 is 1.26 bits per heavy atom. The van der Waals surface area contributed by atoms with E-state index >= 15 is 0 Å². The molecule has 0 bridgehead atoms. The molecular formula is C20H24N6O8S. The largest absolute Gasteiger partial charge is 0.494 e. The number of aliphatic hydroxyl groups excluding tert-OH is 2. The number of hydrogen-bond donors (Lipinski definition) is 4. The first kappa shape index (κ1) is 24.7. The van der Waals surface area contributed by atoms with Crippen LogP contribution < -0.4 is 15.2 Å². The predicted molar refractivity (Wildman–Crippen MR) is 120 cm³/mol. The Hall–Kier alpha value is -3.37. The summed E-state index contributed by atoms with van der Waals surface area (Å²) in [5.41, 5.74) is 6.33. The van der Waals surface area contributed by atoms with Gasteiger partial charge in [0.1, 0.15) is 35.9 Å². The summed E-state index contributed by atoms with van der Waals surface area (Å²) in [6.45, 7) is 1.69. The molecule has 3 heterocycles. The summed E-state index contributed by atoms with van der Waals surface area (Å²) in [6, 6.07) is 6.01. The normalized spacial score (nSPS) is 22.4. The van der Waals surface area contributed by atoms with Crippen LogP contribution in [0.4, 0.5) is 5.82 Å². The topological polar surface area (TPSA) is 201 Å². The Morgan fingerprint density at radius 2 is 2.06 bits per heavy atom. The standard InChI is InChI=1S/C20H24N6O8S/c1-2-6-32-12-5-3-4-11(7-12)19(29)25-35(30,31)33-8-13-15(27)16(28)20(34-13)26-10-24-14-17(21)22-9-23-18(14)26/h3-5,7,9-10,13,15-16,20,27-28H,2,6,8H2,1H3,(H,25,29)(H2,21,22,23)/t13-,15-,16-,20-/m1/s1. The second-order valence-electron chi connectivity index (χ2n) is 7.68. The van der Waals surface area contributed by atoms with E-state index in [1.807, 2.05) is 6.92 Å². The molecule has 0 unspecified atom stereocenters. The average Bonchev–Trinajstić information content (AvgIpc) is 3.38. The van der Waals surface area contributed by atoms with E-state index in [4.69, 9.17) is 19.4 Å². The molecule has 1 fully saturated rings. The van der Waals surface area contributed by atoms with Gasteiger partial charge in [-0.1, -0.05) is 13.0 Å². The van der Waals surface area contributed by atoms with Crippen molar-refractivity contribution in [2.45, 2.75) is 37.9 Å². The SMILES string of the molecule is CCCOc1cccc(C(=O)NS(=O)(=O)OC[C@H]2O[C@@H](n3cnc4c(N)ncnc43)[C@H](O)[C@@H]2O)c1. The van der Waals surface area contributed by atoms with Crippen LogP contribution in [-0.4, -0.2) is 75.6 Å². The number of nitrogens with one attached hydrogen (secondary N) is 1. The predicted octanol–water partition coefficient (Wildman–Crippen LogP) is -0.492. The number of hydrogen-bond acceptors (Lipinski definition) is 12. The van der Waals surface area contributed by atoms with Crippen LogP contribution >= 0.6 is 0 Å². The molecule has 3 aromatic rings. The maximum absolute atomic E-state index is 12.4. The first-order valence-electron chi connectivity index (χ1n) is 10.6. The van der Waals surface area contributed by atoms with Crippen LogP contribution in [0.25, 0.3) is 11.2 Å². The lowest BCUT2D eigenvalue weighted by molar-refractivity contribution is -0.0468. The lowest BCUT2D eigenvalue weighted by Gasteiger charge is -2.16. The molecule has 1 saturated heterocycles. The Morgan fingerprint density at radius 3 is 2.83 bits per heavy atom. The summed E-state index contributed by atoms with van der Waals surface area (Å²) >= 11 is 0. The number of rotatable bonds is 9. The first-order chi connectivity index (χ1) is 16.7. The fourth-order valence-corrected chi connectivity index (χ4v) is 4.18. The van der Waals surface area contributed by atoms with E-state index in [2.05, 4.69) is 15.0 Å². The Bertz CT molecular complexity index is 1320. The fourth-order valence-electron chi connectivity index (χ4n) is 3.46. The van der Waals surface area contributed by atoms with Crippen molar-refractivity contribution in [2.75, 3.05) is 18.9 Å². The highest BCUT2D eigenvalue weighted by Crippen LogP contribution is 2.32. The van der Waals surface area contributed by atoms with Gasteiger partial charge in [-0.2, -0.15) is 8.42 Å². The van der Waals surface area contributed by atoms with E-state index in [9.17, 15) is 23.4 Å². The van der Waals surface area contributed by atoms with Crippen molar-refractivity contribution in [3.05, 3.63) is 42.5 Å². The zero-order chi connectivity index (χ0) is 25.2. The van der Waals surface area contributed by atoms with E-state index in [0.717, 1.165) is 6.42 Å². The van der Waals surface area contributed by atoms with Crippen molar-refractivity contribution in [1.29, 1.82) is 0 Å². The van der Waals surface area contributed by atoms with Crippen LogP contribution in [0.3, 0.4) is 0 Å². The summed E-state index contributed by atoms with van der Waals surface area (Å²) < 4.78 is 43.6. The summed E-state index contributed by atoms with van der Waals surface area (Å²) in [7, 11) is -4.57. The zero-order valence-electron chi connectivity index (χ0n) is 18.5. The molecule has 0 saturated carbocycles. The molecular weight excluding hydrogens is 484 g/mol. The molecule has 1 amide bonds. The van der Waals surface area contributed by atoms with Crippen LogP contribution in [0.5, 0.6) is 5.75 Å². The van der Waals surface area contributed by atoms with Crippen LogP contribution in [0.2, 0.25) is 0 Å². The highest BCUT2D eigenvalue weighted by molar-refractivity contribution is 7.85. The van der Waals surface area contributed by atoms with Gasteiger partial charge in [0, 0.05) is 5.56 Å². The number of fused-ring (bicyclic) bond motifs is 1. The number of anilines is 1. The van der Waals surface area contributed by atoms with Crippen molar-refractivity contribution in [1.82, 2.24) is 24.2 Å². The van der Waals surface area contributed by atoms with Gasteiger partial charge in [-0.3, -0.25) is 13.5 Å². The second-order valence-corrected chi connectivity index (χ2v) is 9.02. The molecule has 1 aromatic carbocycles. The number of carbonyl (C=O) groups excluding carboxylic acids is 1. The zero-order valence-corrected chi connectivity index (χ0v) is 19.3. The Balaban J connectivity index is 1.39. The highest BCUT2D eigenvalue weighted by atomic mass is 32.2. The summed E-state index contributed by atoms with van der Waals surface area (Å²) in [5.74, 6) is -0.398. The van der Waals surface area contributed by atoms with Crippen LogP contribution in [-0.2, 0) is 19.2 Å². The maximum atomic E-state index is 12.4. The lowest BCUT2D eigenvalue weighted by Crippen LogP contribution is -2.37. The van der Waals surface area contributed by atoms with Gasteiger partial charge in [0.05, 0.1) is 19.5 Å². The summed E-state index contributed by atoms with van der Waals surface area (Å²) in [6.07, 6.45) is -2.09. The quantitative estimate of drug-likeness (QED) is 0.289. The number of aromatic nitrogens is 4. The molecule has 0 aliphatic carbocycles. The number of aliphatic hydroxyl groups is 2. The molecule has 4 rings (SSSR count). The molecule has 14 nitrogen and oxygen atoms in total. The van der Waals surface area contributed by atoms with Crippen LogP contribution in [0.1, 0.15) is 29.9 Å². The van der Waals surface area contributed by atoms with Gasteiger partial charge in [0.2, 0.25) is 0 Å². The molecule has 5 N–H and O–H groups in total. The number of nitrogens with zero attached hydrogens (tertiary/aromatic N) is 4. The number of imidazole rings is 1. The molecule has 0 spiro atoms. The van der Waals surface area contributed by atoms with Gasteiger partial charge < -0.3 is 25.4 Å². The highest BCUT2D eigenvalue weighted by Gasteiger charge is 2.45. The van der Waals surface area contributed by atoms with Gasteiger partial charge in [-0.25, -0.2) is 19.7 Å². The van der Waals surface area contributed by atoms with Gasteiger partial charge in [0.25, 0.3) is 5.91 Å². The summed E-state index contributed by atoms with van der Waals surface area (Å²) in [5, 5.41) is 20.8. The Labute approximate surface area is 199 Å². The van der Waals surface area contributed by atoms with Crippen LogP contribution in [0.15, 0.2) is 36.9 Å². The van der Waals surface area contributed by atoms with Gasteiger partial charge >= 0.3 is 10.3 Å². The van der Waals surface area contributed by atoms with E-state index in [0.29, 0.717) is 12.4 Å². The van der Waals surface area contributed by atoms with Crippen molar-refractivity contribution >= 4 is 33.2 Å². The lowest BCUT2D eigenvalue weighted by atomic mass is 10.1. The fraction of sp³-hybridized carbons (Fsp3) is 0.400. The number of ether oxygens (including phenoxy) is 2. The molecule has 0 radical (unpaired) electrons. The monoisotopic (exact) mass is 508 g/mol. The van der Waals surface area contributed by atoms with E-state index < -0.39 is 47.4 Å². The molecule has 15 heteroatoms. The first-order valence-corrected chi connectivity index (χ1v) is 12.0. The minimum absolute atomic E-state index is 0.0478. The maximum Gasteiger partial charge on any atom is 0.362 e. The molecule has 4 atom stereocenters. The third-order valence-corrected chi connectivity index (χ3v) is 6.05. The number of carbonyl (C=O) groups is 1.